The number of fused-ring (bicyclic) bond motifs is 1. The van der Waals surface area contributed by atoms with Gasteiger partial charge in [0.15, 0.2) is 0 Å². The molecule has 0 bridgehead atoms. The van der Waals surface area contributed by atoms with E-state index in [4.69, 9.17) is 9.72 Å². The fourth-order valence-electron chi connectivity index (χ4n) is 4.78. The van der Waals surface area contributed by atoms with Crippen molar-refractivity contribution >= 4 is 11.9 Å². The highest BCUT2D eigenvalue weighted by molar-refractivity contribution is 5.97. The van der Waals surface area contributed by atoms with Crippen molar-refractivity contribution in [3.05, 3.63) is 58.4 Å². The highest BCUT2D eigenvalue weighted by atomic mass is 19.1. The Morgan fingerprint density at radius 1 is 1.14 bits per heavy atom. The number of aliphatic carboxylic acids is 1. The minimum atomic E-state index is -1.36. The van der Waals surface area contributed by atoms with Crippen LogP contribution in [0.25, 0.3) is 0 Å². The van der Waals surface area contributed by atoms with E-state index >= 15 is 0 Å². The third kappa shape index (κ3) is 6.33. The number of carbonyl (C=O) groups is 2. The number of phenols is 1. The van der Waals surface area contributed by atoms with Crippen molar-refractivity contribution in [2.24, 2.45) is 5.92 Å². The maximum atomic E-state index is 13.9. The van der Waals surface area contributed by atoms with Crippen molar-refractivity contribution in [2.75, 3.05) is 6.61 Å². The van der Waals surface area contributed by atoms with Gasteiger partial charge in [0, 0.05) is 36.5 Å². The van der Waals surface area contributed by atoms with Gasteiger partial charge in [-0.3, -0.25) is 9.78 Å². The molecule has 188 valence electrons. The fraction of sp³-hybridized carbons (Fsp3) is 0.500. The second-order valence-corrected chi connectivity index (χ2v) is 9.42. The Balaban J connectivity index is 1.18. The smallest absolute Gasteiger partial charge is 0.326 e. The highest BCUT2D eigenvalue weighted by Crippen LogP contribution is 2.34. The summed E-state index contributed by atoms with van der Waals surface area (Å²) in [7, 11) is 0. The molecular weight excluding hydrogens is 458 g/mol. The summed E-state index contributed by atoms with van der Waals surface area (Å²) < 4.78 is 33.5. The summed E-state index contributed by atoms with van der Waals surface area (Å²) >= 11 is 0. The summed E-state index contributed by atoms with van der Waals surface area (Å²) in [6.07, 6.45) is 8.38. The Kier molecular flexibility index (Phi) is 7.95. The van der Waals surface area contributed by atoms with E-state index in [1.807, 2.05) is 0 Å². The van der Waals surface area contributed by atoms with Gasteiger partial charge in [0.2, 0.25) is 0 Å². The van der Waals surface area contributed by atoms with Crippen LogP contribution in [0.15, 0.2) is 24.3 Å². The van der Waals surface area contributed by atoms with Crippen LogP contribution in [0.3, 0.4) is 0 Å². The van der Waals surface area contributed by atoms with Gasteiger partial charge in [-0.15, -0.1) is 0 Å². The number of halogens is 2. The number of hydrogen-bond donors (Lipinski definition) is 3. The molecule has 3 N–H and O–H groups in total. The van der Waals surface area contributed by atoms with Crippen molar-refractivity contribution in [1.29, 1.82) is 0 Å². The van der Waals surface area contributed by atoms with Crippen molar-refractivity contribution in [3.8, 4) is 5.75 Å². The van der Waals surface area contributed by atoms with Gasteiger partial charge >= 0.3 is 5.97 Å². The van der Waals surface area contributed by atoms with Gasteiger partial charge in [-0.1, -0.05) is 6.07 Å². The zero-order chi connectivity index (χ0) is 24.9. The van der Waals surface area contributed by atoms with Gasteiger partial charge in [0.05, 0.1) is 6.10 Å². The van der Waals surface area contributed by atoms with Gasteiger partial charge in [0.1, 0.15) is 29.0 Å². The molecule has 4 rings (SSSR count). The van der Waals surface area contributed by atoms with Gasteiger partial charge in [0.25, 0.3) is 5.91 Å². The standard InChI is InChI=1S/C26H30F2N2O5/c27-20-13-18(31)14-21(28)24(20)25(32)30-23(26(33)34)9-10-35-19-11-15(12-19)5-7-17-8-6-16-3-1-2-4-22(16)29-17/h6,8,13-15,19,23,31H,1-5,7,9-12H2,(H,30,32)(H,33,34)/t15?,19?,23-/m0/s1. The lowest BCUT2D eigenvalue weighted by Crippen LogP contribution is -2.42. The first kappa shape index (κ1) is 25.0. The molecule has 7 nitrogen and oxygen atoms in total. The third-order valence-electron chi connectivity index (χ3n) is 6.85. The molecule has 0 aliphatic heterocycles. The van der Waals surface area contributed by atoms with Gasteiger partial charge in [-0.2, -0.15) is 0 Å². The van der Waals surface area contributed by atoms with Crippen LogP contribution in [0.1, 0.15) is 65.8 Å². The number of carbonyl (C=O) groups excluding carboxylic acids is 1. The van der Waals surface area contributed by atoms with E-state index in [-0.39, 0.29) is 19.1 Å². The number of nitrogens with zero attached hydrogens (tertiary/aromatic N) is 1. The van der Waals surface area contributed by atoms with Crippen LogP contribution >= 0.6 is 0 Å². The molecule has 2 aromatic rings. The topological polar surface area (TPSA) is 109 Å². The van der Waals surface area contributed by atoms with E-state index < -0.39 is 40.9 Å². The number of nitrogens with one attached hydrogen (secondary N) is 1. The maximum Gasteiger partial charge on any atom is 0.326 e. The van der Waals surface area contributed by atoms with Crippen LogP contribution in [-0.2, 0) is 28.8 Å². The van der Waals surface area contributed by atoms with Crippen molar-refractivity contribution < 1.29 is 33.3 Å². The molecule has 9 heteroatoms. The summed E-state index contributed by atoms with van der Waals surface area (Å²) in [6.45, 7) is 0.0988. The minimum Gasteiger partial charge on any atom is -0.508 e. The lowest BCUT2D eigenvalue weighted by atomic mass is 9.79. The number of carboxylic acids is 1. The molecule has 1 heterocycles. The van der Waals surface area contributed by atoms with Gasteiger partial charge in [-0.05, 0) is 68.9 Å². The third-order valence-corrected chi connectivity index (χ3v) is 6.85. The lowest BCUT2D eigenvalue weighted by Gasteiger charge is -2.35. The summed E-state index contributed by atoms with van der Waals surface area (Å²) in [4.78, 5) is 28.5. The Labute approximate surface area is 202 Å². The van der Waals surface area contributed by atoms with Crippen LogP contribution in [0.2, 0.25) is 0 Å². The van der Waals surface area contributed by atoms with E-state index in [2.05, 4.69) is 17.4 Å². The summed E-state index contributed by atoms with van der Waals surface area (Å²) in [5.74, 6) is -5.21. The predicted molar refractivity (Wildman–Crippen MR) is 123 cm³/mol. The van der Waals surface area contributed by atoms with Crippen LogP contribution in [0.5, 0.6) is 5.75 Å². The Morgan fingerprint density at radius 3 is 2.57 bits per heavy atom. The maximum absolute atomic E-state index is 13.9. The largest absolute Gasteiger partial charge is 0.508 e. The first-order valence-corrected chi connectivity index (χ1v) is 12.1. The number of pyridine rings is 1. The molecule has 2 aliphatic carbocycles. The molecule has 1 aromatic carbocycles. The SMILES string of the molecule is O=C(N[C@@H](CCOC1CC(CCc2ccc3c(n2)CCCC3)C1)C(=O)O)c1c(F)cc(O)cc1F. The first-order valence-electron chi connectivity index (χ1n) is 12.1. The van der Waals surface area contributed by atoms with Crippen LogP contribution < -0.4 is 5.32 Å². The molecule has 0 saturated heterocycles. The lowest BCUT2D eigenvalue weighted by molar-refractivity contribution is -0.140. The molecular formula is C26H30F2N2O5. The number of aryl methyl sites for hydroxylation is 3. The highest BCUT2D eigenvalue weighted by Gasteiger charge is 2.31. The van der Waals surface area contributed by atoms with Gasteiger partial charge in [-0.25, -0.2) is 13.6 Å². The van der Waals surface area contributed by atoms with Crippen molar-refractivity contribution in [3.63, 3.8) is 0 Å². The molecule has 1 atom stereocenters. The first-order chi connectivity index (χ1) is 16.8. The number of carboxylic acid groups (broad SMARTS) is 1. The molecule has 1 saturated carbocycles. The van der Waals surface area contributed by atoms with Crippen LogP contribution in [0, 0.1) is 17.6 Å². The molecule has 1 fully saturated rings. The average Bonchev–Trinajstić information content (AvgIpc) is 2.78. The molecule has 1 aromatic heterocycles. The van der Waals surface area contributed by atoms with Crippen LogP contribution in [-0.4, -0.2) is 45.8 Å². The predicted octanol–water partition coefficient (Wildman–Crippen LogP) is 3.95. The zero-order valence-corrected chi connectivity index (χ0v) is 19.4. The minimum absolute atomic E-state index is 0.0358. The van der Waals surface area contributed by atoms with Crippen LogP contribution in [0.4, 0.5) is 8.78 Å². The molecule has 2 aliphatic rings. The summed E-state index contributed by atoms with van der Waals surface area (Å²) in [6, 6.07) is 4.16. The van der Waals surface area contributed by atoms with E-state index in [9.17, 15) is 28.6 Å². The van der Waals surface area contributed by atoms with E-state index in [1.165, 1.54) is 24.1 Å². The normalized spacial score (nSPS) is 19.9. The van der Waals surface area contributed by atoms with E-state index in [1.54, 1.807) is 0 Å². The zero-order valence-electron chi connectivity index (χ0n) is 19.4. The number of benzene rings is 1. The number of hydrogen-bond acceptors (Lipinski definition) is 5. The number of rotatable bonds is 10. The fourth-order valence-corrected chi connectivity index (χ4v) is 4.78. The second kappa shape index (κ2) is 11.1. The van der Waals surface area contributed by atoms with Gasteiger partial charge < -0.3 is 20.3 Å². The average molecular weight is 489 g/mol. The number of aromatic hydroxyl groups is 1. The Bertz CT molecular complexity index is 1060. The summed E-state index contributed by atoms with van der Waals surface area (Å²) in [5, 5.41) is 20.7. The molecule has 1 amide bonds. The molecule has 0 radical (unpaired) electrons. The monoisotopic (exact) mass is 488 g/mol. The number of phenolic OH excluding ortho intramolecular Hbond substituents is 1. The number of amides is 1. The number of aromatic nitrogens is 1. The second-order valence-electron chi connectivity index (χ2n) is 9.42. The van der Waals surface area contributed by atoms with Crippen molar-refractivity contribution in [2.45, 2.75) is 69.9 Å². The Hall–Kier alpha value is -3.07. The summed E-state index contributed by atoms with van der Waals surface area (Å²) in [5.41, 5.74) is 2.83. The molecule has 0 spiro atoms. The molecule has 0 unspecified atom stereocenters. The van der Waals surface area contributed by atoms with E-state index in [0.717, 1.165) is 44.2 Å². The Morgan fingerprint density at radius 2 is 1.86 bits per heavy atom. The quantitative estimate of drug-likeness (QED) is 0.467. The number of ether oxygens (including phenoxy) is 1. The van der Waals surface area contributed by atoms with Crippen molar-refractivity contribution in [1.82, 2.24) is 10.3 Å². The van der Waals surface area contributed by atoms with E-state index in [0.29, 0.717) is 18.1 Å². The molecule has 35 heavy (non-hydrogen) atoms.